The van der Waals surface area contributed by atoms with Crippen LogP contribution in [-0.4, -0.2) is 30.8 Å². The largest absolute Gasteiger partial charge is 0.378 e. The van der Waals surface area contributed by atoms with E-state index in [1.54, 1.807) is 0 Å². The van der Waals surface area contributed by atoms with Gasteiger partial charge in [0.1, 0.15) is 5.82 Å². The van der Waals surface area contributed by atoms with Gasteiger partial charge in [0.2, 0.25) is 0 Å². The van der Waals surface area contributed by atoms with Gasteiger partial charge in [-0.2, -0.15) is 0 Å². The van der Waals surface area contributed by atoms with Crippen molar-refractivity contribution in [3.8, 4) is 0 Å². The molecule has 1 aromatic heterocycles. The number of aryl methyl sites for hydroxylation is 1. The molecule has 0 amide bonds. The first-order valence-corrected chi connectivity index (χ1v) is 6.95. The van der Waals surface area contributed by atoms with Crippen molar-refractivity contribution in [3.05, 3.63) is 23.9 Å². The van der Waals surface area contributed by atoms with Crippen LogP contribution < -0.4 is 4.90 Å². The number of rotatable bonds is 4. The van der Waals surface area contributed by atoms with Crippen LogP contribution in [0.2, 0.25) is 0 Å². The summed E-state index contributed by atoms with van der Waals surface area (Å²) >= 11 is 0. The van der Waals surface area contributed by atoms with Crippen LogP contribution in [0.5, 0.6) is 0 Å². The quantitative estimate of drug-likeness (QED) is 0.819. The summed E-state index contributed by atoms with van der Waals surface area (Å²) in [5, 5.41) is 0. The highest BCUT2D eigenvalue weighted by atomic mass is 16.5. The molecular formula is C15H24N2O. The van der Waals surface area contributed by atoms with Crippen molar-refractivity contribution >= 4 is 5.82 Å². The molecule has 0 aromatic carbocycles. The molecule has 1 aromatic rings. The molecule has 1 saturated heterocycles. The zero-order valence-corrected chi connectivity index (χ0v) is 11.7. The average molecular weight is 248 g/mol. The number of hydrogen-bond acceptors (Lipinski definition) is 3. The first kappa shape index (κ1) is 13.3. The second-order valence-electron chi connectivity index (χ2n) is 5.55. The Hall–Kier alpha value is -1.09. The van der Waals surface area contributed by atoms with Gasteiger partial charge in [-0.25, -0.2) is 4.98 Å². The molecule has 0 saturated carbocycles. The molecule has 0 spiro atoms. The lowest BCUT2D eigenvalue weighted by atomic mass is 10.1. The number of nitrogens with zero attached hydrogens (tertiary/aromatic N) is 2. The number of piperidine rings is 1. The number of pyridine rings is 1. The zero-order chi connectivity index (χ0) is 13.0. The predicted molar refractivity (Wildman–Crippen MR) is 75.0 cm³/mol. The number of aromatic nitrogens is 1. The molecule has 0 unspecified atom stereocenters. The summed E-state index contributed by atoms with van der Waals surface area (Å²) in [6.07, 6.45) is 2.67. The van der Waals surface area contributed by atoms with Crippen molar-refractivity contribution in [1.82, 2.24) is 4.98 Å². The summed E-state index contributed by atoms with van der Waals surface area (Å²) in [7, 11) is 0. The van der Waals surface area contributed by atoms with E-state index >= 15 is 0 Å². The van der Waals surface area contributed by atoms with Crippen LogP contribution in [0.4, 0.5) is 5.82 Å². The summed E-state index contributed by atoms with van der Waals surface area (Å²) in [4.78, 5) is 6.94. The monoisotopic (exact) mass is 248 g/mol. The molecule has 0 atom stereocenters. The van der Waals surface area contributed by atoms with E-state index in [1.807, 2.05) is 13.0 Å². The Morgan fingerprint density at radius 1 is 1.33 bits per heavy atom. The highest BCUT2D eigenvalue weighted by Crippen LogP contribution is 2.20. The van der Waals surface area contributed by atoms with Gasteiger partial charge in [0.05, 0.1) is 6.10 Å². The number of ether oxygens (including phenoxy) is 1. The van der Waals surface area contributed by atoms with E-state index in [2.05, 4.69) is 35.9 Å². The van der Waals surface area contributed by atoms with Crippen molar-refractivity contribution in [2.24, 2.45) is 5.92 Å². The minimum atomic E-state index is 0.438. The Kier molecular flexibility index (Phi) is 4.59. The lowest BCUT2D eigenvalue weighted by Gasteiger charge is -2.33. The fraction of sp³-hybridized carbons (Fsp3) is 0.667. The van der Waals surface area contributed by atoms with E-state index in [9.17, 15) is 0 Å². The third-order valence-electron chi connectivity index (χ3n) is 3.30. The molecule has 0 bridgehead atoms. The molecule has 1 aliphatic heterocycles. The summed E-state index contributed by atoms with van der Waals surface area (Å²) in [5.74, 6) is 1.73. The molecule has 2 rings (SSSR count). The molecule has 1 fully saturated rings. The first-order chi connectivity index (χ1) is 8.65. The maximum Gasteiger partial charge on any atom is 0.128 e. The summed E-state index contributed by atoms with van der Waals surface area (Å²) in [6.45, 7) is 9.44. The van der Waals surface area contributed by atoms with Gasteiger partial charge >= 0.3 is 0 Å². The standard InChI is InChI=1S/C15H24N2O/c1-12(2)11-18-14-7-9-17(10-8-14)15-6-4-5-13(3)16-15/h4-6,12,14H,7-11H2,1-3H3. The van der Waals surface area contributed by atoms with Crippen LogP contribution in [0, 0.1) is 12.8 Å². The van der Waals surface area contributed by atoms with Crippen LogP contribution in [-0.2, 0) is 4.74 Å². The van der Waals surface area contributed by atoms with Gasteiger partial charge in [-0.3, -0.25) is 0 Å². The molecule has 0 radical (unpaired) electrons. The third kappa shape index (κ3) is 3.70. The Bertz CT molecular complexity index is 371. The van der Waals surface area contributed by atoms with Crippen LogP contribution in [0.25, 0.3) is 0 Å². The molecular weight excluding hydrogens is 224 g/mol. The Morgan fingerprint density at radius 3 is 2.67 bits per heavy atom. The van der Waals surface area contributed by atoms with Crippen LogP contribution in [0.1, 0.15) is 32.4 Å². The Labute approximate surface area is 110 Å². The first-order valence-electron chi connectivity index (χ1n) is 6.95. The Balaban J connectivity index is 1.83. The maximum absolute atomic E-state index is 5.91. The van der Waals surface area contributed by atoms with E-state index in [-0.39, 0.29) is 0 Å². The van der Waals surface area contributed by atoms with Crippen LogP contribution >= 0.6 is 0 Å². The molecule has 18 heavy (non-hydrogen) atoms. The van der Waals surface area contributed by atoms with Crippen molar-refractivity contribution in [2.75, 3.05) is 24.6 Å². The summed E-state index contributed by atoms with van der Waals surface area (Å²) in [5.41, 5.74) is 1.09. The van der Waals surface area contributed by atoms with E-state index in [4.69, 9.17) is 4.74 Å². The van der Waals surface area contributed by atoms with Crippen molar-refractivity contribution in [3.63, 3.8) is 0 Å². The van der Waals surface area contributed by atoms with Crippen LogP contribution in [0.3, 0.4) is 0 Å². The SMILES string of the molecule is Cc1cccc(N2CCC(OCC(C)C)CC2)n1. The fourth-order valence-electron chi connectivity index (χ4n) is 2.28. The molecule has 3 heteroatoms. The van der Waals surface area contributed by atoms with Crippen molar-refractivity contribution in [1.29, 1.82) is 0 Å². The second kappa shape index (κ2) is 6.19. The third-order valence-corrected chi connectivity index (χ3v) is 3.30. The van der Waals surface area contributed by atoms with Crippen molar-refractivity contribution < 1.29 is 4.74 Å². The second-order valence-corrected chi connectivity index (χ2v) is 5.55. The average Bonchev–Trinajstić information content (AvgIpc) is 2.37. The van der Waals surface area contributed by atoms with Gasteiger partial charge in [0, 0.05) is 25.4 Å². The van der Waals surface area contributed by atoms with Crippen LogP contribution in [0.15, 0.2) is 18.2 Å². The molecule has 3 nitrogen and oxygen atoms in total. The highest BCUT2D eigenvalue weighted by Gasteiger charge is 2.20. The van der Waals surface area contributed by atoms with E-state index in [1.165, 1.54) is 0 Å². The molecule has 0 aliphatic carbocycles. The molecule has 100 valence electrons. The summed E-state index contributed by atoms with van der Waals surface area (Å²) < 4.78 is 5.91. The van der Waals surface area contributed by atoms with E-state index in [0.717, 1.165) is 44.0 Å². The molecule has 2 heterocycles. The minimum absolute atomic E-state index is 0.438. The topological polar surface area (TPSA) is 25.4 Å². The minimum Gasteiger partial charge on any atom is -0.378 e. The van der Waals surface area contributed by atoms with E-state index < -0.39 is 0 Å². The normalized spacial score (nSPS) is 17.4. The lowest BCUT2D eigenvalue weighted by Crippen LogP contribution is -2.37. The maximum atomic E-state index is 5.91. The zero-order valence-electron chi connectivity index (χ0n) is 11.7. The van der Waals surface area contributed by atoms with Gasteiger partial charge in [-0.05, 0) is 37.8 Å². The summed E-state index contributed by atoms with van der Waals surface area (Å²) in [6, 6.07) is 6.23. The highest BCUT2D eigenvalue weighted by molar-refractivity contribution is 5.39. The van der Waals surface area contributed by atoms with E-state index in [0.29, 0.717) is 12.0 Å². The van der Waals surface area contributed by atoms with Gasteiger partial charge in [0.25, 0.3) is 0 Å². The molecule has 1 aliphatic rings. The Morgan fingerprint density at radius 2 is 2.06 bits per heavy atom. The smallest absolute Gasteiger partial charge is 0.128 e. The molecule has 0 N–H and O–H groups in total. The van der Waals surface area contributed by atoms with Gasteiger partial charge in [0.15, 0.2) is 0 Å². The fourth-order valence-corrected chi connectivity index (χ4v) is 2.28. The van der Waals surface area contributed by atoms with Gasteiger partial charge in [-0.15, -0.1) is 0 Å². The lowest BCUT2D eigenvalue weighted by molar-refractivity contribution is 0.0214. The predicted octanol–water partition coefficient (Wildman–Crippen LogP) is 3.03. The number of hydrogen-bond donors (Lipinski definition) is 0. The van der Waals surface area contributed by atoms with Gasteiger partial charge < -0.3 is 9.64 Å². The van der Waals surface area contributed by atoms with Crippen molar-refractivity contribution in [2.45, 2.75) is 39.7 Å². The number of anilines is 1. The van der Waals surface area contributed by atoms with Gasteiger partial charge in [-0.1, -0.05) is 19.9 Å².